The molecule has 0 bridgehead atoms. The highest BCUT2D eigenvalue weighted by Crippen LogP contribution is 2.18. The smallest absolute Gasteiger partial charge is 0.145 e. The van der Waals surface area contributed by atoms with Crippen LogP contribution >= 0.6 is 11.6 Å². The minimum Gasteiger partial charge on any atom is -0.390 e. The third kappa shape index (κ3) is 3.64. The fourth-order valence-electron chi connectivity index (χ4n) is 2.36. The number of hydrogen-bond acceptors (Lipinski definition) is 3. The van der Waals surface area contributed by atoms with Crippen molar-refractivity contribution in [1.29, 1.82) is 0 Å². The van der Waals surface area contributed by atoms with Gasteiger partial charge in [-0.3, -0.25) is 0 Å². The Morgan fingerprint density at radius 1 is 1.18 bits per heavy atom. The van der Waals surface area contributed by atoms with Crippen molar-refractivity contribution in [1.82, 2.24) is 5.32 Å². The van der Waals surface area contributed by atoms with E-state index in [-0.39, 0.29) is 11.9 Å². The normalized spacial score (nSPS) is 17.2. The van der Waals surface area contributed by atoms with E-state index in [1.54, 1.807) is 12.1 Å². The molecule has 0 amide bonds. The Hall–Kier alpha value is -1.91. The van der Waals surface area contributed by atoms with Gasteiger partial charge in [0.25, 0.3) is 0 Å². The largest absolute Gasteiger partial charge is 0.390 e. The van der Waals surface area contributed by atoms with Crippen molar-refractivity contribution in [2.24, 2.45) is 5.16 Å². The second kappa shape index (κ2) is 6.90. The van der Waals surface area contributed by atoms with Gasteiger partial charge in [0.1, 0.15) is 11.9 Å². The van der Waals surface area contributed by atoms with Crippen LogP contribution in [0.1, 0.15) is 17.5 Å². The van der Waals surface area contributed by atoms with Gasteiger partial charge in [0.2, 0.25) is 0 Å². The minimum absolute atomic E-state index is 0.0115. The molecule has 1 atom stereocenters. The Bertz CT molecular complexity index is 673. The molecule has 0 radical (unpaired) electrons. The first-order valence-electron chi connectivity index (χ1n) is 7.15. The maximum atomic E-state index is 12.9. The van der Waals surface area contributed by atoms with Gasteiger partial charge in [-0.2, -0.15) is 0 Å². The van der Waals surface area contributed by atoms with Crippen LogP contribution in [-0.4, -0.2) is 18.4 Å². The Balaban J connectivity index is 1.48. The molecule has 1 aliphatic rings. The molecule has 0 fully saturated rings. The van der Waals surface area contributed by atoms with Gasteiger partial charge in [0.05, 0.1) is 5.71 Å². The lowest BCUT2D eigenvalue weighted by molar-refractivity contribution is 0.0848. The summed E-state index contributed by atoms with van der Waals surface area (Å²) in [7, 11) is 0. The average Bonchev–Trinajstić information content (AvgIpc) is 2.99. The summed E-state index contributed by atoms with van der Waals surface area (Å²) in [4.78, 5) is 5.42. The second-order valence-corrected chi connectivity index (χ2v) is 5.61. The van der Waals surface area contributed by atoms with Crippen molar-refractivity contribution < 1.29 is 9.23 Å². The fourth-order valence-corrected chi connectivity index (χ4v) is 2.56. The number of halogens is 2. The topological polar surface area (TPSA) is 33.6 Å². The number of nitrogens with zero attached hydrogens (tertiary/aromatic N) is 1. The Labute approximate surface area is 133 Å². The van der Waals surface area contributed by atoms with E-state index in [0.717, 1.165) is 21.9 Å². The van der Waals surface area contributed by atoms with Gasteiger partial charge < -0.3 is 10.2 Å². The Morgan fingerprint density at radius 3 is 2.73 bits per heavy atom. The SMILES string of the molecule is Fc1ccc(C2=NO[C@@H](CNCc3ccccc3Cl)C2)cc1. The molecule has 0 aliphatic carbocycles. The number of rotatable bonds is 5. The van der Waals surface area contributed by atoms with Crippen LogP contribution in [-0.2, 0) is 11.4 Å². The van der Waals surface area contributed by atoms with Gasteiger partial charge >= 0.3 is 0 Å². The molecule has 114 valence electrons. The van der Waals surface area contributed by atoms with Crippen molar-refractivity contribution in [3.05, 3.63) is 70.5 Å². The quantitative estimate of drug-likeness (QED) is 0.910. The molecule has 0 saturated carbocycles. The number of oxime groups is 1. The zero-order chi connectivity index (χ0) is 15.4. The van der Waals surface area contributed by atoms with Crippen LogP contribution in [0.5, 0.6) is 0 Å². The van der Waals surface area contributed by atoms with E-state index in [1.807, 2.05) is 24.3 Å². The van der Waals surface area contributed by atoms with E-state index < -0.39 is 0 Å². The zero-order valence-electron chi connectivity index (χ0n) is 11.9. The van der Waals surface area contributed by atoms with Crippen LogP contribution in [0, 0.1) is 5.82 Å². The fraction of sp³-hybridized carbons (Fsp3) is 0.235. The highest BCUT2D eigenvalue weighted by molar-refractivity contribution is 6.31. The molecule has 1 N–H and O–H groups in total. The summed E-state index contributed by atoms with van der Waals surface area (Å²) in [5.41, 5.74) is 2.81. The van der Waals surface area contributed by atoms with Gasteiger partial charge in [-0.15, -0.1) is 0 Å². The molecular weight excluding hydrogens is 303 g/mol. The summed E-state index contributed by atoms with van der Waals surface area (Å²) in [6.07, 6.45) is 0.698. The third-order valence-corrected chi connectivity index (χ3v) is 3.92. The van der Waals surface area contributed by atoms with E-state index in [0.29, 0.717) is 19.5 Å². The summed E-state index contributed by atoms with van der Waals surface area (Å²) >= 11 is 6.11. The molecule has 22 heavy (non-hydrogen) atoms. The summed E-state index contributed by atoms with van der Waals surface area (Å²) in [5.74, 6) is -0.249. The summed E-state index contributed by atoms with van der Waals surface area (Å²) < 4.78 is 12.9. The van der Waals surface area contributed by atoms with Crippen molar-refractivity contribution in [3.8, 4) is 0 Å². The monoisotopic (exact) mass is 318 g/mol. The molecule has 2 aromatic rings. The Kier molecular flexibility index (Phi) is 4.71. The standard InChI is InChI=1S/C17H16ClFN2O/c18-16-4-2-1-3-13(16)10-20-11-15-9-17(21-22-15)12-5-7-14(19)8-6-12/h1-8,15,20H,9-11H2/t15-/m1/s1. The number of nitrogens with one attached hydrogen (secondary N) is 1. The second-order valence-electron chi connectivity index (χ2n) is 5.20. The van der Waals surface area contributed by atoms with E-state index in [9.17, 15) is 4.39 Å². The minimum atomic E-state index is -0.249. The van der Waals surface area contributed by atoms with E-state index >= 15 is 0 Å². The predicted octanol–water partition coefficient (Wildman–Crippen LogP) is 3.76. The maximum Gasteiger partial charge on any atom is 0.145 e. The van der Waals surface area contributed by atoms with E-state index in [1.165, 1.54) is 12.1 Å². The first-order chi connectivity index (χ1) is 10.7. The van der Waals surface area contributed by atoms with Crippen LogP contribution in [0.2, 0.25) is 5.02 Å². The molecule has 0 aromatic heterocycles. The van der Waals surface area contributed by atoms with Crippen LogP contribution in [0.25, 0.3) is 0 Å². The molecule has 0 saturated heterocycles. The average molecular weight is 319 g/mol. The molecule has 5 heteroatoms. The summed E-state index contributed by atoms with van der Waals surface area (Å²) in [5, 5.41) is 8.17. The first kappa shape index (κ1) is 15.0. The van der Waals surface area contributed by atoms with Gasteiger partial charge in [0.15, 0.2) is 0 Å². The van der Waals surface area contributed by atoms with Crippen molar-refractivity contribution in [2.75, 3.05) is 6.54 Å². The molecular formula is C17H16ClFN2O. The molecule has 2 aromatic carbocycles. The van der Waals surface area contributed by atoms with Gasteiger partial charge in [0, 0.05) is 24.5 Å². The lowest BCUT2D eigenvalue weighted by atomic mass is 10.1. The molecule has 3 rings (SSSR count). The third-order valence-electron chi connectivity index (χ3n) is 3.56. The zero-order valence-corrected chi connectivity index (χ0v) is 12.7. The van der Waals surface area contributed by atoms with Crippen LogP contribution < -0.4 is 5.32 Å². The molecule has 1 aliphatic heterocycles. The lowest BCUT2D eigenvalue weighted by Crippen LogP contribution is -2.26. The number of benzene rings is 2. The maximum absolute atomic E-state index is 12.9. The van der Waals surface area contributed by atoms with Gasteiger partial charge in [-0.1, -0.05) is 47.1 Å². The highest BCUT2D eigenvalue weighted by atomic mass is 35.5. The van der Waals surface area contributed by atoms with Crippen LogP contribution in [0.3, 0.4) is 0 Å². The van der Waals surface area contributed by atoms with Gasteiger partial charge in [-0.25, -0.2) is 4.39 Å². The number of hydrogen-bond donors (Lipinski definition) is 1. The van der Waals surface area contributed by atoms with Crippen LogP contribution in [0.4, 0.5) is 4.39 Å². The first-order valence-corrected chi connectivity index (χ1v) is 7.53. The predicted molar refractivity (Wildman–Crippen MR) is 85.6 cm³/mol. The van der Waals surface area contributed by atoms with Crippen molar-refractivity contribution >= 4 is 17.3 Å². The van der Waals surface area contributed by atoms with E-state index in [4.69, 9.17) is 16.4 Å². The lowest BCUT2D eigenvalue weighted by Gasteiger charge is -2.10. The summed E-state index contributed by atoms with van der Waals surface area (Å²) in [6.45, 7) is 1.37. The van der Waals surface area contributed by atoms with Gasteiger partial charge in [-0.05, 0) is 29.3 Å². The van der Waals surface area contributed by atoms with Crippen LogP contribution in [0.15, 0.2) is 53.7 Å². The molecule has 0 spiro atoms. The molecule has 3 nitrogen and oxygen atoms in total. The molecule has 0 unspecified atom stereocenters. The van der Waals surface area contributed by atoms with E-state index in [2.05, 4.69) is 10.5 Å². The highest BCUT2D eigenvalue weighted by Gasteiger charge is 2.21. The molecule has 1 heterocycles. The Morgan fingerprint density at radius 2 is 1.95 bits per heavy atom. The van der Waals surface area contributed by atoms with Crippen molar-refractivity contribution in [2.45, 2.75) is 19.1 Å². The summed E-state index contributed by atoms with van der Waals surface area (Å²) in [6, 6.07) is 14.0. The van der Waals surface area contributed by atoms with Crippen molar-refractivity contribution in [3.63, 3.8) is 0 Å².